The van der Waals surface area contributed by atoms with Crippen LogP contribution in [0.1, 0.15) is 36.0 Å². The Morgan fingerprint density at radius 3 is 2.75 bits per heavy atom. The van der Waals surface area contributed by atoms with E-state index in [9.17, 15) is 10.2 Å². The third kappa shape index (κ3) is 1.45. The third-order valence-electron chi connectivity index (χ3n) is 5.08. The minimum absolute atomic E-state index is 0.0244. The number of rotatable bonds is 0. The first-order valence-electron chi connectivity index (χ1n) is 7.32. The first-order valence-corrected chi connectivity index (χ1v) is 7.32. The maximum atomic E-state index is 10.3. The SMILES string of the molecule is CC1CCc2cccc3c2[C@@H]1Cc1ccc(O)c(O)c1-3. The van der Waals surface area contributed by atoms with Crippen LogP contribution in [0.25, 0.3) is 11.1 Å². The summed E-state index contributed by atoms with van der Waals surface area (Å²) in [4.78, 5) is 0. The number of hydrogen-bond acceptors (Lipinski definition) is 2. The highest BCUT2D eigenvalue weighted by Crippen LogP contribution is 2.52. The molecule has 0 aliphatic heterocycles. The molecule has 0 saturated heterocycles. The largest absolute Gasteiger partial charge is 0.504 e. The lowest BCUT2D eigenvalue weighted by molar-refractivity contribution is 0.389. The van der Waals surface area contributed by atoms with Gasteiger partial charge in [-0.15, -0.1) is 0 Å². The minimum atomic E-state index is -0.0244. The molecular weight excluding hydrogens is 248 g/mol. The Bertz CT molecular complexity index is 703. The van der Waals surface area contributed by atoms with E-state index in [-0.39, 0.29) is 11.5 Å². The van der Waals surface area contributed by atoms with Crippen molar-refractivity contribution in [2.75, 3.05) is 0 Å². The zero-order valence-corrected chi connectivity index (χ0v) is 11.6. The van der Waals surface area contributed by atoms with Crippen molar-refractivity contribution in [2.45, 2.75) is 32.1 Å². The average Bonchev–Trinajstić information content (AvgIpc) is 2.46. The van der Waals surface area contributed by atoms with Crippen LogP contribution in [0, 0.1) is 5.92 Å². The highest BCUT2D eigenvalue weighted by atomic mass is 16.3. The van der Waals surface area contributed by atoms with E-state index in [1.54, 1.807) is 6.07 Å². The number of phenolic OH excluding ortho intramolecular Hbond substituents is 2. The molecule has 2 aromatic rings. The Hall–Kier alpha value is -1.96. The van der Waals surface area contributed by atoms with Crippen LogP contribution in [-0.2, 0) is 12.8 Å². The van der Waals surface area contributed by atoms with E-state index in [4.69, 9.17) is 0 Å². The molecule has 2 N–H and O–H groups in total. The van der Waals surface area contributed by atoms with Crippen LogP contribution in [0.2, 0.25) is 0 Å². The van der Waals surface area contributed by atoms with E-state index < -0.39 is 0 Å². The molecule has 2 heteroatoms. The highest BCUT2D eigenvalue weighted by molar-refractivity contribution is 5.82. The summed E-state index contributed by atoms with van der Waals surface area (Å²) < 4.78 is 0. The summed E-state index contributed by atoms with van der Waals surface area (Å²) in [6, 6.07) is 9.93. The van der Waals surface area contributed by atoms with E-state index in [2.05, 4.69) is 25.1 Å². The van der Waals surface area contributed by atoms with Crippen LogP contribution in [-0.4, -0.2) is 10.2 Å². The molecule has 102 valence electrons. The topological polar surface area (TPSA) is 40.5 Å². The van der Waals surface area contributed by atoms with Crippen LogP contribution in [0.4, 0.5) is 0 Å². The van der Waals surface area contributed by atoms with Crippen LogP contribution in [0.3, 0.4) is 0 Å². The van der Waals surface area contributed by atoms with Crippen molar-refractivity contribution in [1.82, 2.24) is 0 Å². The van der Waals surface area contributed by atoms with Gasteiger partial charge in [0, 0.05) is 5.56 Å². The summed E-state index contributed by atoms with van der Waals surface area (Å²) in [5, 5.41) is 20.1. The highest BCUT2D eigenvalue weighted by Gasteiger charge is 2.34. The molecule has 0 aromatic heterocycles. The molecule has 0 amide bonds. The first kappa shape index (κ1) is 11.8. The van der Waals surface area contributed by atoms with Gasteiger partial charge in [0.2, 0.25) is 0 Å². The third-order valence-corrected chi connectivity index (χ3v) is 5.08. The molecule has 2 aliphatic rings. The Morgan fingerprint density at radius 2 is 1.90 bits per heavy atom. The Kier molecular flexibility index (Phi) is 2.38. The van der Waals surface area contributed by atoms with Crippen molar-refractivity contribution < 1.29 is 10.2 Å². The second-order valence-corrected chi connectivity index (χ2v) is 6.17. The molecule has 0 heterocycles. The second-order valence-electron chi connectivity index (χ2n) is 6.17. The van der Waals surface area contributed by atoms with Gasteiger partial charge >= 0.3 is 0 Å². The van der Waals surface area contributed by atoms with E-state index in [1.165, 1.54) is 17.5 Å². The first-order chi connectivity index (χ1) is 9.66. The summed E-state index contributed by atoms with van der Waals surface area (Å²) in [5.74, 6) is 1.23. The smallest absolute Gasteiger partial charge is 0.165 e. The fraction of sp³-hybridized carbons (Fsp3) is 0.333. The molecule has 0 bridgehead atoms. The fourth-order valence-electron chi connectivity index (χ4n) is 3.99. The lowest BCUT2D eigenvalue weighted by atomic mass is 9.67. The number of fused-ring (bicyclic) bond motifs is 2. The maximum absolute atomic E-state index is 10.3. The molecule has 0 fully saturated rings. The summed E-state index contributed by atoms with van der Waals surface area (Å²) in [5.41, 5.74) is 5.93. The van der Waals surface area contributed by atoms with E-state index >= 15 is 0 Å². The summed E-state index contributed by atoms with van der Waals surface area (Å²) in [6.07, 6.45) is 3.32. The molecular formula is C18H18O2. The zero-order valence-electron chi connectivity index (χ0n) is 11.6. The van der Waals surface area contributed by atoms with E-state index in [0.29, 0.717) is 11.8 Å². The number of benzene rings is 2. The maximum Gasteiger partial charge on any atom is 0.165 e. The van der Waals surface area contributed by atoms with Crippen molar-refractivity contribution in [3.05, 3.63) is 47.0 Å². The van der Waals surface area contributed by atoms with Crippen molar-refractivity contribution in [3.8, 4) is 22.6 Å². The van der Waals surface area contributed by atoms with Crippen molar-refractivity contribution in [2.24, 2.45) is 5.92 Å². The fourth-order valence-corrected chi connectivity index (χ4v) is 3.99. The zero-order chi connectivity index (χ0) is 13.9. The molecule has 4 rings (SSSR count). The summed E-state index contributed by atoms with van der Waals surface area (Å²) in [6.45, 7) is 2.33. The van der Waals surface area contributed by atoms with Crippen molar-refractivity contribution >= 4 is 0 Å². The monoisotopic (exact) mass is 266 g/mol. The lowest BCUT2D eigenvalue weighted by Crippen LogP contribution is -2.24. The van der Waals surface area contributed by atoms with Gasteiger partial charge in [0.1, 0.15) is 0 Å². The Balaban J connectivity index is 2.05. The molecule has 2 aromatic carbocycles. The lowest BCUT2D eigenvalue weighted by Gasteiger charge is -2.37. The average molecular weight is 266 g/mol. The Labute approximate surface area is 118 Å². The van der Waals surface area contributed by atoms with Crippen LogP contribution in [0.5, 0.6) is 11.5 Å². The minimum Gasteiger partial charge on any atom is -0.504 e. The van der Waals surface area contributed by atoms with Gasteiger partial charge in [0.15, 0.2) is 11.5 Å². The number of phenols is 2. The predicted molar refractivity (Wildman–Crippen MR) is 79.1 cm³/mol. The van der Waals surface area contributed by atoms with Gasteiger partial charge in [-0.3, -0.25) is 0 Å². The second kappa shape index (κ2) is 4.02. The molecule has 2 nitrogen and oxygen atoms in total. The molecule has 1 unspecified atom stereocenters. The van der Waals surface area contributed by atoms with Gasteiger partial charge in [0.25, 0.3) is 0 Å². The normalized spacial score (nSPS) is 23.1. The molecule has 20 heavy (non-hydrogen) atoms. The van der Waals surface area contributed by atoms with Gasteiger partial charge in [-0.1, -0.05) is 31.2 Å². The summed E-state index contributed by atoms with van der Waals surface area (Å²) >= 11 is 0. The quantitative estimate of drug-likeness (QED) is 0.708. The van der Waals surface area contributed by atoms with Crippen LogP contribution < -0.4 is 0 Å². The van der Waals surface area contributed by atoms with Gasteiger partial charge in [-0.05, 0) is 59.4 Å². The van der Waals surface area contributed by atoms with Crippen LogP contribution in [0.15, 0.2) is 30.3 Å². The molecule has 0 radical (unpaired) electrons. The Morgan fingerprint density at radius 1 is 1.05 bits per heavy atom. The van der Waals surface area contributed by atoms with E-state index in [0.717, 1.165) is 29.5 Å². The van der Waals surface area contributed by atoms with Gasteiger partial charge < -0.3 is 10.2 Å². The molecule has 2 atom stereocenters. The molecule has 0 saturated carbocycles. The predicted octanol–water partition coefficient (Wildman–Crippen LogP) is 3.99. The van der Waals surface area contributed by atoms with Crippen molar-refractivity contribution in [3.63, 3.8) is 0 Å². The van der Waals surface area contributed by atoms with Crippen LogP contribution >= 0.6 is 0 Å². The molecule has 2 aliphatic carbocycles. The van der Waals surface area contributed by atoms with Crippen molar-refractivity contribution in [1.29, 1.82) is 0 Å². The van der Waals surface area contributed by atoms with E-state index in [1.807, 2.05) is 6.07 Å². The standard InChI is InChI=1S/C18H18O2/c1-10-5-6-11-3-2-4-13-16(11)14(10)9-12-7-8-15(19)18(20)17(12)13/h2-4,7-8,10,14,19-20H,5-6,9H2,1H3/t10?,14-/m1/s1. The number of aromatic hydroxyl groups is 2. The van der Waals surface area contributed by atoms with Gasteiger partial charge in [-0.25, -0.2) is 0 Å². The van der Waals surface area contributed by atoms with Gasteiger partial charge in [0.05, 0.1) is 0 Å². The molecule has 0 spiro atoms. The van der Waals surface area contributed by atoms with Gasteiger partial charge in [-0.2, -0.15) is 0 Å². The summed E-state index contributed by atoms with van der Waals surface area (Å²) in [7, 11) is 0. The number of aryl methyl sites for hydroxylation is 1. The number of hydrogen-bond donors (Lipinski definition) is 2.